The second-order valence-corrected chi connectivity index (χ2v) is 7.72. The van der Waals surface area contributed by atoms with Crippen LogP contribution in [0.5, 0.6) is 0 Å². The Bertz CT molecular complexity index is 1190. The molecule has 0 bridgehead atoms. The first-order valence-electron chi connectivity index (χ1n) is 9.70. The first-order chi connectivity index (χ1) is 13.6. The van der Waals surface area contributed by atoms with Gasteiger partial charge in [0.1, 0.15) is 5.82 Å². The van der Waals surface area contributed by atoms with Gasteiger partial charge >= 0.3 is 0 Å². The molecular formula is C22H22FN5. The van der Waals surface area contributed by atoms with Crippen LogP contribution in [-0.4, -0.2) is 33.1 Å². The number of halogens is 1. The third kappa shape index (κ3) is 2.94. The minimum atomic E-state index is -0.221. The number of benzene rings is 2. The summed E-state index contributed by atoms with van der Waals surface area (Å²) >= 11 is 0. The fourth-order valence-corrected chi connectivity index (χ4v) is 4.23. The van der Waals surface area contributed by atoms with Gasteiger partial charge < -0.3 is 5.32 Å². The molecule has 6 heteroatoms. The lowest BCUT2D eigenvalue weighted by molar-refractivity contribution is 0.459. The van der Waals surface area contributed by atoms with Crippen LogP contribution in [0.25, 0.3) is 33.1 Å². The number of aromatic nitrogens is 4. The fourth-order valence-electron chi connectivity index (χ4n) is 4.23. The first kappa shape index (κ1) is 17.3. The van der Waals surface area contributed by atoms with Crippen molar-refractivity contribution in [2.45, 2.75) is 25.7 Å². The number of rotatable bonds is 2. The van der Waals surface area contributed by atoms with E-state index in [0.29, 0.717) is 22.5 Å². The van der Waals surface area contributed by atoms with E-state index in [1.807, 2.05) is 38.4 Å². The molecular weight excluding hydrogens is 353 g/mol. The van der Waals surface area contributed by atoms with E-state index in [9.17, 15) is 4.39 Å². The number of hydrogen-bond donors (Lipinski definition) is 1. The van der Waals surface area contributed by atoms with Gasteiger partial charge in [-0.3, -0.25) is 4.68 Å². The molecule has 1 N–H and O–H groups in total. The van der Waals surface area contributed by atoms with Crippen LogP contribution in [-0.2, 0) is 7.05 Å². The van der Waals surface area contributed by atoms with Crippen LogP contribution in [0.2, 0.25) is 0 Å². The molecule has 0 radical (unpaired) electrons. The van der Waals surface area contributed by atoms with E-state index >= 15 is 0 Å². The van der Waals surface area contributed by atoms with Gasteiger partial charge in [-0.25, -0.2) is 4.39 Å². The van der Waals surface area contributed by atoms with E-state index in [-0.39, 0.29) is 5.82 Å². The molecule has 1 aliphatic heterocycles. The second kappa shape index (κ2) is 6.63. The molecule has 1 aliphatic rings. The summed E-state index contributed by atoms with van der Waals surface area (Å²) in [6.07, 6.45) is 4.04. The highest BCUT2D eigenvalue weighted by Gasteiger charge is 2.18. The Morgan fingerprint density at radius 3 is 2.71 bits per heavy atom. The van der Waals surface area contributed by atoms with Crippen LogP contribution < -0.4 is 5.32 Å². The Morgan fingerprint density at radius 2 is 1.89 bits per heavy atom. The van der Waals surface area contributed by atoms with Gasteiger partial charge in [-0.15, -0.1) is 10.2 Å². The Labute approximate surface area is 162 Å². The lowest BCUT2D eigenvalue weighted by atomic mass is 9.89. The predicted molar refractivity (Wildman–Crippen MR) is 109 cm³/mol. The summed E-state index contributed by atoms with van der Waals surface area (Å²) in [6, 6.07) is 9.56. The van der Waals surface area contributed by atoms with Crippen molar-refractivity contribution in [3.05, 3.63) is 53.5 Å². The van der Waals surface area contributed by atoms with Gasteiger partial charge in [0.15, 0.2) is 0 Å². The summed E-state index contributed by atoms with van der Waals surface area (Å²) in [7, 11) is 1.91. The van der Waals surface area contributed by atoms with E-state index in [1.165, 1.54) is 0 Å². The third-order valence-corrected chi connectivity index (χ3v) is 5.70. The quantitative estimate of drug-likeness (QED) is 0.573. The van der Waals surface area contributed by atoms with Gasteiger partial charge in [0, 0.05) is 29.6 Å². The fraction of sp³-hybridized carbons (Fsp3) is 0.318. The molecule has 3 heterocycles. The smallest absolute Gasteiger partial charge is 0.133 e. The highest BCUT2D eigenvalue weighted by atomic mass is 19.1. The molecule has 0 aliphatic carbocycles. The SMILES string of the molecule is Cc1cc(-c2cc3c(F)cc(C4CCNCC4)cc3nn2)cc2cn(C)nc12. The van der Waals surface area contributed by atoms with Gasteiger partial charge in [0.2, 0.25) is 0 Å². The maximum Gasteiger partial charge on any atom is 0.133 e. The molecule has 1 fully saturated rings. The average Bonchev–Trinajstić information content (AvgIpc) is 3.09. The van der Waals surface area contributed by atoms with Gasteiger partial charge in [-0.1, -0.05) is 0 Å². The van der Waals surface area contributed by atoms with Crippen molar-refractivity contribution in [1.29, 1.82) is 0 Å². The number of piperidine rings is 1. The number of fused-ring (bicyclic) bond motifs is 2. The molecule has 0 spiro atoms. The van der Waals surface area contributed by atoms with Crippen molar-refractivity contribution in [1.82, 2.24) is 25.3 Å². The lowest BCUT2D eigenvalue weighted by Crippen LogP contribution is -2.26. The number of hydrogen-bond acceptors (Lipinski definition) is 4. The Balaban J connectivity index is 1.59. The Morgan fingerprint density at radius 1 is 1.07 bits per heavy atom. The predicted octanol–water partition coefficient (Wildman–Crippen LogP) is 4.10. The lowest BCUT2D eigenvalue weighted by Gasteiger charge is -2.23. The van der Waals surface area contributed by atoms with Crippen molar-refractivity contribution >= 4 is 21.8 Å². The summed E-state index contributed by atoms with van der Waals surface area (Å²) < 4.78 is 16.7. The van der Waals surface area contributed by atoms with Crippen molar-refractivity contribution in [3.63, 3.8) is 0 Å². The summed E-state index contributed by atoms with van der Waals surface area (Å²) in [5.74, 6) is 0.165. The van der Waals surface area contributed by atoms with E-state index in [2.05, 4.69) is 20.6 Å². The van der Waals surface area contributed by atoms with Crippen LogP contribution in [0.15, 0.2) is 36.5 Å². The van der Waals surface area contributed by atoms with E-state index < -0.39 is 0 Å². The Kier molecular flexibility index (Phi) is 4.09. The number of nitrogens with one attached hydrogen (secondary N) is 1. The molecule has 4 aromatic rings. The summed E-state index contributed by atoms with van der Waals surface area (Å²) in [4.78, 5) is 0. The van der Waals surface area contributed by atoms with Gasteiger partial charge in [-0.05, 0) is 80.2 Å². The first-order valence-corrected chi connectivity index (χ1v) is 9.70. The van der Waals surface area contributed by atoms with Crippen LogP contribution in [0, 0.1) is 12.7 Å². The molecule has 142 valence electrons. The number of nitrogens with zero attached hydrogens (tertiary/aromatic N) is 4. The minimum absolute atomic E-state index is 0.221. The molecule has 0 saturated carbocycles. The standard InChI is InChI=1S/C22H22FN5/c1-13-7-16(8-17-12-28(2)27-22(13)17)20-11-18-19(23)9-15(10-21(18)26-25-20)14-3-5-24-6-4-14/h7-12,14,24H,3-6H2,1-2H3. The zero-order valence-corrected chi connectivity index (χ0v) is 16.0. The van der Waals surface area contributed by atoms with Crippen molar-refractivity contribution in [3.8, 4) is 11.3 Å². The van der Waals surface area contributed by atoms with Crippen molar-refractivity contribution in [2.75, 3.05) is 13.1 Å². The molecule has 0 unspecified atom stereocenters. The molecule has 2 aromatic heterocycles. The van der Waals surface area contributed by atoms with Crippen LogP contribution in [0.3, 0.4) is 0 Å². The Hall–Kier alpha value is -2.86. The normalized spacial score (nSPS) is 15.5. The van der Waals surface area contributed by atoms with Crippen molar-refractivity contribution < 1.29 is 4.39 Å². The zero-order valence-electron chi connectivity index (χ0n) is 16.0. The highest BCUT2D eigenvalue weighted by molar-refractivity contribution is 5.88. The number of aryl methyl sites for hydroxylation is 2. The highest BCUT2D eigenvalue weighted by Crippen LogP contribution is 2.31. The summed E-state index contributed by atoms with van der Waals surface area (Å²) in [6.45, 7) is 3.98. The topological polar surface area (TPSA) is 55.6 Å². The van der Waals surface area contributed by atoms with Crippen LogP contribution in [0.4, 0.5) is 4.39 Å². The minimum Gasteiger partial charge on any atom is -0.317 e. The van der Waals surface area contributed by atoms with Crippen LogP contribution in [0.1, 0.15) is 29.9 Å². The molecule has 28 heavy (non-hydrogen) atoms. The van der Waals surface area contributed by atoms with Gasteiger partial charge in [-0.2, -0.15) is 5.10 Å². The maximum absolute atomic E-state index is 14.9. The van der Waals surface area contributed by atoms with E-state index in [1.54, 1.807) is 16.8 Å². The van der Waals surface area contributed by atoms with Crippen LogP contribution >= 0.6 is 0 Å². The zero-order chi connectivity index (χ0) is 19.3. The third-order valence-electron chi connectivity index (χ3n) is 5.70. The van der Waals surface area contributed by atoms with Crippen molar-refractivity contribution in [2.24, 2.45) is 7.05 Å². The molecule has 2 aromatic carbocycles. The molecule has 5 nitrogen and oxygen atoms in total. The maximum atomic E-state index is 14.9. The van der Waals surface area contributed by atoms with Gasteiger partial charge in [0.25, 0.3) is 0 Å². The second-order valence-electron chi connectivity index (χ2n) is 7.72. The average molecular weight is 375 g/mol. The largest absolute Gasteiger partial charge is 0.317 e. The molecule has 1 saturated heterocycles. The molecule has 0 atom stereocenters. The molecule has 5 rings (SSSR count). The van der Waals surface area contributed by atoms with E-state index in [0.717, 1.165) is 53.5 Å². The van der Waals surface area contributed by atoms with Gasteiger partial charge in [0.05, 0.1) is 16.7 Å². The summed E-state index contributed by atoms with van der Waals surface area (Å²) in [5, 5.41) is 18.2. The monoisotopic (exact) mass is 375 g/mol. The molecule has 0 amide bonds. The van der Waals surface area contributed by atoms with E-state index in [4.69, 9.17) is 0 Å². The summed E-state index contributed by atoms with van der Waals surface area (Å²) in [5.41, 5.74) is 5.29.